The van der Waals surface area contributed by atoms with Crippen LogP contribution in [0.2, 0.25) is 5.15 Å². The molecule has 3 rings (SSSR count). The van der Waals surface area contributed by atoms with Crippen LogP contribution in [0.1, 0.15) is 32.7 Å². The molecule has 0 aliphatic heterocycles. The number of benzene rings is 1. The van der Waals surface area contributed by atoms with Gasteiger partial charge in [0.2, 0.25) is 0 Å². The summed E-state index contributed by atoms with van der Waals surface area (Å²) in [4.78, 5) is 21.9. The maximum Gasteiger partial charge on any atom is 0.270 e. The summed E-state index contributed by atoms with van der Waals surface area (Å²) in [7, 11) is 1.77. The van der Waals surface area contributed by atoms with Gasteiger partial charge in [0.25, 0.3) is 5.91 Å². The number of halogens is 1. The quantitative estimate of drug-likeness (QED) is 0.717. The van der Waals surface area contributed by atoms with Crippen LogP contribution in [0.25, 0.3) is 10.9 Å². The topological polar surface area (TPSA) is 49.0 Å². The summed E-state index contributed by atoms with van der Waals surface area (Å²) in [5.41, 5.74) is 5.79. The normalized spacial score (nSPS) is 11.0. The fourth-order valence-electron chi connectivity index (χ4n) is 3.05. The number of pyridine rings is 1. The molecular formula is C19H20ClN3O. The van der Waals surface area contributed by atoms with E-state index in [-0.39, 0.29) is 5.91 Å². The number of H-pyrrole nitrogens is 1. The summed E-state index contributed by atoms with van der Waals surface area (Å²) >= 11 is 6.10. The number of hydrogen-bond acceptors (Lipinski definition) is 2. The van der Waals surface area contributed by atoms with Gasteiger partial charge in [0, 0.05) is 36.3 Å². The Morgan fingerprint density at radius 3 is 2.75 bits per heavy atom. The summed E-state index contributed by atoms with van der Waals surface area (Å²) in [6, 6.07) is 7.93. The Morgan fingerprint density at radius 2 is 2.04 bits per heavy atom. The van der Waals surface area contributed by atoms with E-state index >= 15 is 0 Å². The maximum absolute atomic E-state index is 12.9. The van der Waals surface area contributed by atoms with E-state index in [1.165, 1.54) is 5.56 Å². The van der Waals surface area contributed by atoms with Gasteiger partial charge in [-0.25, -0.2) is 4.98 Å². The third-order valence-electron chi connectivity index (χ3n) is 4.31. The molecule has 0 aliphatic carbocycles. The standard InChI is InChI=1S/C19H20ClN3O/c1-11-8-12(2)16-15(9-11)13(3)17(22-16)19(24)23(4)10-14-6-5-7-21-18(14)20/h5-9,22H,10H2,1-4H3. The summed E-state index contributed by atoms with van der Waals surface area (Å²) in [6.45, 7) is 6.52. The number of aromatic amines is 1. The average molecular weight is 342 g/mol. The zero-order valence-corrected chi connectivity index (χ0v) is 15.0. The molecule has 4 nitrogen and oxygen atoms in total. The Bertz CT molecular complexity index is 930. The van der Waals surface area contributed by atoms with E-state index in [9.17, 15) is 4.79 Å². The van der Waals surface area contributed by atoms with Gasteiger partial charge in [-0.3, -0.25) is 4.79 Å². The molecule has 1 amide bonds. The molecule has 3 aromatic rings. The lowest BCUT2D eigenvalue weighted by molar-refractivity contribution is 0.0779. The van der Waals surface area contributed by atoms with Gasteiger partial charge in [0.05, 0.1) is 0 Å². The Labute approximate surface area is 146 Å². The number of hydrogen-bond donors (Lipinski definition) is 1. The van der Waals surface area contributed by atoms with Crippen LogP contribution < -0.4 is 0 Å². The highest BCUT2D eigenvalue weighted by Crippen LogP contribution is 2.27. The molecule has 24 heavy (non-hydrogen) atoms. The predicted molar refractivity (Wildman–Crippen MR) is 97.6 cm³/mol. The molecule has 0 radical (unpaired) electrons. The molecule has 124 valence electrons. The molecule has 5 heteroatoms. The Hall–Kier alpha value is -2.33. The van der Waals surface area contributed by atoms with Gasteiger partial charge in [-0.05, 0) is 44.0 Å². The molecule has 2 heterocycles. The number of aromatic nitrogens is 2. The van der Waals surface area contributed by atoms with Crippen molar-refractivity contribution >= 4 is 28.4 Å². The van der Waals surface area contributed by atoms with E-state index in [1.807, 2.05) is 19.1 Å². The highest BCUT2D eigenvalue weighted by atomic mass is 35.5. The number of aryl methyl sites for hydroxylation is 3. The van der Waals surface area contributed by atoms with E-state index in [2.05, 4.69) is 35.9 Å². The third kappa shape index (κ3) is 2.89. The first-order chi connectivity index (χ1) is 11.4. The highest BCUT2D eigenvalue weighted by molar-refractivity contribution is 6.30. The molecule has 0 fully saturated rings. The molecule has 0 unspecified atom stereocenters. The van der Waals surface area contributed by atoms with Crippen LogP contribution in [0.15, 0.2) is 30.5 Å². The lowest BCUT2D eigenvalue weighted by Gasteiger charge is -2.17. The van der Waals surface area contributed by atoms with Gasteiger partial charge in [0.15, 0.2) is 0 Å². The molecule has 1 N–H and O–H groups in total. The number of nitrogens with one attached hydrogen (secondary N) is 1. The summed E-state index contributed by atoms with van der Waals surface area (Å²) in [5.74, 6) is -0.0549. The van der Waals surface area contributed by atoms with Gasteiger partial charge >= 0.3 is 0 Å². The van der Waals surface area contributed by atoms with Crippen LogP contribution in [0.5, 0.6) is 0 Å². The molecule has 2 aromatic heterocycles. The molecule has 0 bridgehead atoms. The minimum absolute atomic E-state index is 0.0549. The molecule has 0 saturated carbocycles. The second-order valence-electron chi connectivity index (χ2n) is 6.24. The first-order valence-corrected chi connectivity index (χ1v) is 8.20. The average Bonchev–Trinajstić information content (AvgIpc) is 2.86. The summed E-state index contributed by atoms with van der Waals surface area (Å²) in [6.07, 6.45) is 1.64. The van der Waals surface area contributed by atoms with Crippen LogP contribution in [-0.2, 0) is 6.54 Å². The van der Waals surface area contributed by atoms with E-state index in [1.54, 1.807) is 18.1 Å². The Morgan fingerprint density at radius 1 is 1.29 bits per heavy atom. The van der Waals surface area contributed by atoms with Crippen molar-refractivity contribution < 1.29 is 4.79 Å². The number of amides is 1. The van der Waals surface area contributed by atoms with Gasteiger partial charge in [-0.2, -0.15) is 0 Å². The minimum Gasteiger partial charge on any atom is -0.350 e. The van der Waals surface area contributed by atoms with E-state index in [4.69, 9.17) is 11.6 Å². The first-order valence-electron chi connectivity index (χ1n) is 7.83. The fraction of sp³-hybridized carbons (Fsp3) is 0.263. The van der Waals surface area contributed by atoms with Crippen molar-refractivity contribution in [3.63, 3.8) is 0 Å². The lowest BCUT2D eigenvalue weighted by atomic mass is 10.1. The van der Waals surface area contributed by atoms with Gasteiger partial charge in [-0.15, -0.1) is 0 Å². The Kier molecular flexibility index (Phi) is 4.33. The third-order valence-corrected chi connectivity index (χ3v) is 4.65. The molecular weight excluding hydrogens is 322 g/mol. The lowest BCUT2D eigenvalue weighted by Crippen LogP contribution is -2.27. The zero-order valence-electron chi connectivity index (χ0n) is 14.3. The predicted octanol–water partition coefficient (Wildman–Crippen LogP) is 4.41. The maximum atomic E-state index is 12.9. The molecule has 0 spiro atoms. The summed E-state index contributed by atoms with van der Waals surface area (Å²) in [5, 5.41) is 1.53. The number of nitrogens with zero attached hydrogens (tertiary/aromatic N) is 2. The largest absolute Gasteiger partial charge is 0.350 e. The van der Waals surface area contributed by atoms with E-state index < -0.39 is 0 Å². The van der Waals surface area contributed by atoms with Crippen LogP contribution in [0, 0.1) is 20.8 Å². The SMILES string of the molecule is Cc1cc(C)c2[nH]c(C(=O)N(C)Cc3cccnc3Cl)c(C)c2c1. The summed E-state index contributed by atoms with van der Waals surface area (Å²) < 4.78 is 0. The molecule has 0 saturated heterocycles. The van der Waals surface area contributed by atoms with Crippen molar-refractivity contribution in [3.05, 3.63) is 63.6 Å². The molecule has 0 atom stereocenters. The first kappa shape index (κ1) is 16.5. The van der Waals surface area contributed by atoms with Crippen molar-refractivity contribution in [1.82, 2.24) is 14.9 Å². The van der Waals surface area contributed by atoms with Crippen LogP contribution in [0.4, 0.5) is 0 Å². The second kappa shape index (κ2) is 6.29. The number of carbonyl (C=O) groups excluding carboxylic acids is 1. The van der Waals surface area contributed by atoms with Gasteiger partial charge in [0.1, 0.15) is 10.8 Å². The number of rotatable bonds is 3. The van der Waals surface area contributed by atoms with Crippen molar-refractivity contribution in [3.8, 4) is 0 Å². The minimum atomic E-state index is -0.0549. The van der Waals surface area contributed by atoms with Crippen molar-refractivity contribution in [1.29, 1.82) is 0 Å². The second-order valence-corrected chi connectivity index (χ2v) is 6.60. The van der Waals surface area contributed by atoms with Crippen LogP contribution in [0.3, 0.4) is 0 Å². The van der Waals surface area contributed by atoms with Crippen molar-refractivity contribution in [2.75, 3.05) is 7.05 Å². The smallest absolute Gasteiger partial charge is 0.270 e. The number of carbonyl (C=O) groups is 1. The Balaban J connectivity index is 1.95. The zero-order chi connectivity index (χ0) is 17.4. The number of fused-ring (bicyclic) bond motifs is 1. The highest BCUT2D eigenvalue weighted by Gasteiger charge is 2.20. The van der Waals surface area contributed by atoms with E-state index in [0.29, 0.717) is 17.4 Å². The van der Waals surface area contributed by atoms with Crippen LogP contribution in [-0.4, -0.2) is 27.8 Å². The van der Waals surface area contributed by atoms with Gasteiger partial charge < -0.3 is 9.88 Å². The monoisotopic (exact) mass is 341 g/mol. The van der Waals surface area contributed by atoms with E-state index in [0.717, 1.165) is 27.6 Å². The van der Waals surface area contributed by atoms with Crippen molar-refractivity contribution in [2.24, 2.45) is 0 Å². The molecule has 0 aliphatic rings. The fourth-order valence-corrected chi connectivity index (χ4v) is 3.23. The van der Waals surface area contributed by atoms with Gasteiger partial charge in [-0.1, -0.05) is 29.3 Å². The molecule has 1 aromatic carbocycles. The van der Waals surface area contributed by atoms with Crippen LogP contribution >= 0.6 is 11.6 Å². The van der Waals surface area contributed by atoms with Crippen molar-refractivity contribution in [2.45, 2.75) is 27.3 Å².